The minimum Gasteiger partial charge on any atom is -0.474 e. The maximum absolute atomic E-state index is 10.3. The molecular formula is C5H7NO4. The van der Waals surface area contributed by atoms with Crippen molar-refractivity contribution in [2.75, 3.05) is 6.54 Å². The second kappa shape index (κ2) is 3.62. The maximum atomic E-state index is 10.3. The summed E-state index contributed by atoms with van der Waals surface area (Å²) in [6, 6.07) is 0. The Morgan fingerprint density at radius 3 is 2.40 bits per heavy atom. The molecule has 0 aliphatic heterocycles. The highest BCUT2D eigenvalue weighted by Gasteiger charge is 2.16. The number of hydrogen-bond donors (Lipinski definition) is 2. The van der Waals surface area contributed by atoms with E-state index >= 15 is 0 Å². The lowest BCUT2D eigenvalue weighted by Gasteiger charge is -2.07. The number of amides is 1. The minimum absolute atomic E-state index is 0.0648. The number of carboxylic acids is 1. The molecule has 5 nitrogen and oxygen atoms in total. The quantitative estimate of drug-likeness (QED) is 0.237. The van der Waals surface area contributed by atoms with E-state index < -0.39 is 11.9 Å². The molecule has 0 saturated carbocycles. The topological polar surface area (TPSA) is 77.8 Å². The largest absolute Gasteiger partial charge is 0.474 e. The molecule has 0 aromatic heterocycles. The van der Waals surface area contributed by atoms with Crippen molar-refractivity contribution in [1.82, 2.24) is 5.06 Å². The molecule has 56 valence electrons. The third kappa shape index (κ3) is 2.27. The van der Waals surface area contributed by atoms with Crippen LogP contribution in [0.3, 0.4) is 0 Å². The molecule has 10 heavy (non-hydrogen) atoms. The molecule has 0 saturated heterocycles. The van der Waals surface area contributed by atoms with Crippen molar-refractivity contribution in [2.24, 2.45) is 0 Å². The Hall–Kier alpha value is -1.36. The fraction of sp³-hybridized carbons (Fsp3) is 0.200. The van der Waals surface area contributed by atoms with E-state index in [-0.39, 0.29) is 11.6 Å². The summed E-state index contributed by atoms with van der Waals surface area (Å²) in [6.07, 6.45) is 1.21. The molecule has 1 amide bonds. The van der Waals surface area contributed by atoms with Gasteiger partial charge in [-0.3, -0.25) is 10.0 Å². The summed E-state index contributed by atoms with van der Waals surface area (Å²) in [5, 5.41) is 16.6. The van der Waals surface area contributed by atoms with Gasteiger partial charge in [0.2, 0.25) is 0 Å². The Kier molecular flexibility index (Phi) is 3.13. The zero-order valence-corrected chi connectivity index (χ0v) is 5.15. The van der Waals surface area contributed by atoms with Crippen molar-refractivity contribution in [3.63, 3.8) is 0 Å². The lowest BCUT2D eigenvalue weighted by atomic mass is 10.5. The van der Waals surface area contributed by atoms with Crippen LogP contribution in [-0.2, 0) is 9.59 Å². The van der Waals surface area contributed by atoms with Crippen molar-refractivity contribution >= 4 is 11.9 Å². The van der Waals surface area contributed by atoms with Crippen LogP contribution >= 0.6 is 0 Å². The van der Waals surface area contributed by atoms with Crippen LogP contribution in [0.2, 0.25) is 0 Å². The van der Waals surface area contributed by atoms with Gasteiger partial charge in [0, 0.05) is 0 Å². The van der Waals surface area contributed by atoms with Crippen LogP contribution in [0.25, 0.3) is 0 Å². The molecule has 0 fully saturated rings. The standard InChI is InChI=1S/C5H7NO4/c1-2-3-6(10)4(7)5(8)9/h2,10H,1,3H2,(H,8,9). The van der Waals surface area contributed by atoms with E-state index in [1.54, 1.807) is 0 Å². The second-order valence-electron chi connectivity index (χ2n) is 1.48. The maximum Gasteiger partial charge on any atom is 0.396 e. The van der Waals surface area contributed by atoms with Crippen LogP contribution in [0.5, 0.6) is 0 Å². The van der Waals surface area contributed by atoms with Gasteiger partial charge >= 0.3 is 11.9 Å². The Balaban J connectivity index is 3.94. The molecule has 0 heterocycles. The smallest absolute Gasteiger partial charge is 0.396 e. The summed E-state index contributed by atoms with van der Waals surface area (Å²) >= 11 is 0. The predicted octanol–water partition coefficient (Wildman–Crippen LogP) is -0.525. The molecule has 0 aromatic rings. The summed E-state index contributed by atoms with van der Waals surface area (Å²) < 4.78 is 0. The first-order valence-electron chi connectivity index (χ1n) is 2.44. The van der Waals surface area contributed by atoms with Crippen molar-refractivity contribution in [2.45, 2.75) is 0 Å². The Morgan fingerprint density at radius 2 is 2.10 bits per heavy atom. The van der Waals surface area contributed by atoms with Crippen LogP contribution < -0.4 is 0 Å². The summed E-state index contributed by atoms with van der Waals surface area (Å²) in [4.78, 5) is 20.1. The van der Waals surface area contributed by atoms with Crippen LogP contribution in [-0.4, -0.2) is 33.8 Å². The van der Waals surface area contributed by atoms with Crippen molar-refractivity contribution < 1.29 is 19.9 Å². The molecule has 0 aliphatic rings. The van der Waals surface area contributed by atoms with Gasteiger partial charge in [-0.2, -0.15) is 0 Å². The van der Waals surface area contributed by atoms with E-state index in [9.17, 15) is 9.59 Å². The van der Waals surface area contributed by atoms with Gasteiger partial charge in [0.15, 0.2) is 0 Å². The predicted molar refractivity (Wildman–Crippen MR) is 31.3 cm³/mol. The first-order chi connectivity index (χ1) is 4.59. The molecule has 0 bridgehead atoms. The highest BCUT2D eigenvalue weighted by Crippen LogP contribution is 1.83. The summed E-state index contributed by atoms with van der Waals surface area (Å²) in [7, 11) is 0. The molecule has 2 N–H and O–H groups in total. The van der Waals surface area contributed by atoms with Gasteiger partial charge in [0.1, 0.15) is 0 Å². The molecule has 0 aromatic carbocycles. The van der Waals surface area contributed by atoms with E-state index in [2.05, 4.69) is 6.58 Å². The monoisotopic (exact) mass is 145 g/mol. The second-order valence-corrected chi connectivity index (χ2v) is 1.48. The lowest BCUT2D eigenvalue weighted by Crippen LogP contribution is -2.33. The van der Waals surface area contributed by atoms with Gasteiger partial charge in [-0.25, -0.2) is 9.86 Å². The minimum atomic E-state index is -1.69. The summed E-state index contributed by atoms with van der Waals surface area (Å²) in [5.41, 5.74) is 0. The van der Waals surface area contributed by atoms with Gasteiger partial charge in [-0.15, -0.1) is 6.58 Å². The Morgan fingerprint density at radius 1 is 1.60 bits per heavy atom. The van der Waals surface area contributed by atoms with Crippen LogP contribution in [0.1, 0.15) is 0 Å². The number of rotatable bonds is 2. The number of nitrogens with zero attached hydrogens (tertiary/aromatic N) is 1. The highest BCUT2D eigenvalue weighted by atomic mass is 16.5. The van der Waals surface area contributed by atoms with Gasteiger partial charge in [-0.05, 0) is 0 Å². The first-order valence-corrected chi connectivity index (χ1v) is 2.44. The van der Waals surface area contributed by atoms with E-state index in [0.29, 0.717) is 0 Å². The fourth-order valence-corrected chi connectivity index (χ4v) is 0.316. The Labute approximate surface area is 57.1 Å². The van der Waals surface area contributed by atoms with E-state index in [0.717, 1.165) is 0 Å². The van der Waals surface area contributed by atoms with Gasteiger partial charge in [0.25, 0.3) is 0 Å². The number of hydrogen-bond acceptors (Lipinski definition) is 3. The molecule has 0 unspecified atom stereocenters. The molecule has 0 radical (unpaired) electrons. The molecule has 0 aliphatic carbocycles. The summed E-state index contributed by atoms with van der Waals surface area (Å²) in [5.74, 6) is -3.05. The van der Waals surface area contributed by atoms with Crippen molar-refractivity contribution in [1.29, 1.82) is 0 Å². The zero-order valence-electron chi connectivity index (χ0n) is 5.15. The van der Waals surface area contributed by atoms with Gasteiger partial charge in [0.05, 0.1) is 6.54 Å². The number of hydroxylamine groups is 2. The van der Waals surface area contributed by atoms with E-state index in [1.807, 2.05) is 0 Å². The summed E-state index contributed by atoms with van der Waals surface area (Å²) in [6.45, 7) is 3.01. The van der Waals surface area contributed by atoms with Gasteiger partial charge < -0.3 is 5.11 Å². The number of carbonyl (C=O) groups is 2. The van der Waals surface area contributed by atoms with Crippen LogP contribution in [0, 0.1) is 0 Å². The number of aliphatic carboxylic acids is 1. The SMILES string of the molecule is C=CCN(O)C(=O)C(=O)O. The fourth-order valence-electron chi connectivity index (χ4n) is 0.316. The van der Waals surface area contributed by atoms with Crippen LogP contribution in [0.4, 0.5) is 0 Å². The average molecular weight is 145 g/mol. The normalized spacial score (nSPS) is 8.50. The van der Waals surface area contributed by atoms with Crippen molar-refractivity contribution in [3.05, 3.63) is 12.7 Å². The molecule has 0 spiro atoms. The molecular weight excluding hydrogens is 138 g/mol. The lowest BCUT2D eigenvalue weighted by molar-refractivity contribution is -0.175. The van der Waals surface area contributed by atoms with Crippen molar-refractivity contribution in [3.8, 4) is 0 Å². The Bertz CT molecular complexity index is 165. The molecule has 0 rings (SSSR count). The first kappa shape index (κ1) is 8.64. The number of carboxylic acid groups (broad SMARTS) is 1. The highest BCUT2D eigenvalue weighted by molar-refractivity contribution is 6.31. The number of carbonyl (C=O) groups excluding carboxylic acids is 1. The zero-order chi connectivity index (χ0) is 8.15. The van der Waals surface area contributed by atoms with E-state index in [1.165, 1.54) is 6.08 Å². The average Bonchev–Trinajstić information content (AvgIpc) is 1.87. The third-order valence-electron chi connectivity index (χ3n) is 0.719. The van der Waals surface area contributed by atoms with Gasteiger partial charge in [-0.1, -0.05) is 6.08 Å². The van der Waals surface area contributed by atoms with Crippen LogP contribution in [0.15, 0.2) is 12.7 Å². The molecule has 5 heteroatoms. The third-order valence-corrected chi connectivity index (χ3v) is 0.719. The van der Waals surface area contributed by atoms with E-state index in [4.69, 9.17) is 10.3 Å². The molecule has 0 atom stereocenters.